The van der Waals surface area contributed by atoms with Crippen LogP contribution in [-0.4, -0.2) is 64.2 Å². The summed E-state index contributed by atoms with van der Waals surface area (Å²) in [6, 6.07) is 9.05. The first-order valence-corrected chi connectivity index (χ1v) is 12.3. The summed E-state index contributed by atoms with van der Waals surface area (Å²) in [6.07, 6.45) is 1.72. The first kappa shape index (κ1) is 21.6. The molecule has 1 aromatic heterocycles. The number of carbonyl (C=O) groups excluding carboxylic acids is 1. The Hall–Kier alpha value is -2.95. The predicted octanol–water partition coefficient (Wildman–Crippen LogP) is 3.54. The molecule has 4 atom stereocenters. The SMILES string of the molecule is C[C@@H]1CN(C(=O)c2ccc3c(c2)SC2NCN=C(Nc4cc5cn[nH]c5cc4F)C32)C[C@@H](C)O1. The van der Waals surface area contributed by atoms with Crippen LogP contribution in [0, 0.1) is 5.82 Å². The number of benzene rings is 2. The van der Waals surface area contributed by atoms with Gasteiger partial charge in [0.15, 0.2) is 0 Å². The maximum atomic E-state index is 14.7. The summed E-state index contributed by atoms with van der Waals surface area (Å²) in [4.78, 5) is 20.7. The van der Waals surface area contributed by atoms with Crippen LogP contribution >= 0.6 is 11.8 Å². The van der Waals surface area contributed by atoms with Crippen molar-refractivity contribution in [3.63, 3.8) is 0 Å². The number of aliphatic imine (C=N–C) groups is 1. The van der Waals surface area contributed by atoms with E-state index in [2.05, 4.69) is 25.8 Å². The Morgan fingerprint density at radius 2 is 2.06 bits per heavy atom. The molecule has 3 aliphatic rings. The van der Waals surface area contributed by atoms with Crippen molar-refractivity contribution in [1.82, 2.24) is 20.4 Å². The zero-order valence-corrected chi connectivity index (χ0v) is 19.7. The first-order chi connectivity index (χ1) is 16.5. The van der Waals surface area contributed by atoms with E-state index in [0.717, 1.165) is 15.8 Å². The van der Waals surface area contributed by atoms with Crippen LogP contribution in [0.25, 0.3) is 10.9 Å². The fourth-order valence-electron chi connectivity index (χ4n) is 5.01. The number of hydrogen-bond acceptors (Lipinski definition) is 7. The molecule has 2 aromatic carbocycles. The number of aromatic amines is 1. The van der Waals surface area contributed by atoms with Crippen LogP contribution in [-0.2, 0) is 4.74 Å². The van der Waals surface area contributed by atoms with E-state index in [0.29, 0.717) is 42.4 Å². The molecule has 0 spiro atoms. The Balaban J connectivity index is 1.27. The van der Waals surface area contributed by atoms with Gasteiger partial charge in [-0.25, -0.2) is 4.39 Å². The van der Waals surface area contributed by atoms with Gasteiger partial charge in [-0.3, -0.25) is 20.2 Å². The van der Waals surface area contributed by atoms with Crippen LogP contribution in [0.5, 0.6) is 0 Å². The third-order valence-electron chi connectivity index (χ3n) is 6.49. The largest absolute Gasteiger partial charge is 0.372 e. The van der Waals surface area contributed by atoms with Crippen molar-refractivity contribution in [2.24, 2.45) is 4.99 Å². The second-order valence-electron chi connectivity index (χ2n) is 9.06. The number of aromatic nitrogens is 2. The Kier molecular flexibility index (Phi) is 5.31. The zero-order valence-electron chi connectivity index (χ0n) is 18.8. The fourth-order valence-corrected chi connectivity index (χ4v) is 6.38. The standard InChI is InChI=1S/C24H25FN6O2S/c1-12-9-31(10-13(2)33-12)24(32)14-3-4-16-20(6-14)34-23-21(16)22(26-11-27-23)29-19-5-15-8-28-30-18(15)7-17(19)25/h3-8,12-13,21,23,27H,9-11H2,1-2H3,(H,26,29)(H,28,30)/t12-,13-,21?,23?/m1/s1. The number of amides is 1. The summed E-state index contributed by atoms with van der Waals surface area (Å²) in [5, 5.41) is 14.3. The highest BCUT2D eigenvalue weighted by Gasteiger charge is 2.39. The Bertz CT molecular complexity index is 1300. The number of hydrogen-bond donors (Lipinski definition) is 3. The molecule has 0 aliphatic carbocycles. The molecule has 0 bridgehead atoms. The topological polar surface area (TPSA) is 94.6 Å². The average Bonchev–Trinajstić information content (AvgIpc) is 3.41. The van der Waals surface area contributed by atoms with Gasteiger partial charge < -0.3 is 15.0 Å². The highest BCUT2D eigenvalue weighted by atomic mass is 32.2. The summed E-state index contributed by atoms with van der Waals surface area (Å²) < 4.78 is 20.5. The van der Waals surface area contributed by atoms with Crippen LogP contribution < -0.4 is 10.6 Å². The minimum absolute atomic E-state index is 0.0232. The molecule has 10 heteroatoms. The van der Waals surface area contributed by atoms with E-state index in [1.807, 2.05) is 36.9 Å². The first-order valence-electron chi connectivity index (χ1n) is 11.4. The Labute approximate surface area is 200 Å². The fraction of sp³-hybridized carbons (Fsp3) is 0.375. The summed E-state index contributed by atoms with van der Waals surface area (Å²) in [7, 11) is 0. The average molecular weight is 481 g/mol. The van der Waals surface area contributed by atoms with Gasteiger partial charge in [0.2, 0.25) is 0 Å². The van der Waals surface area contributed by atoms with Crippen molar-refractivity contribution in [3.8, 4) is 0 Å². The van der Waals surface area contributed by atoms with Crippen LogP contribution in [0.1, 0.15) is 35.7 Å². The Morgan fingerprint density at radius 1 is 1.24 bits per heavy atom. The van der Waals surface area contributed by atoms with Crippen molar-refractivity contribution < 1.29 is 13.9 Å². The van der Waals surface area contributed by atoms with E-state index in [-0.39, 0.29) is 35.2 Å². The van der Waals surface area contributed by atoms with Gasteiger partial charge in [0.05, 0.1) is 47.6 Å². The zero-order chi connectivity index (χ0) is 23.4. The highest BCUT2D eigenvalue weighted by molar-refractivity contribution is 8.00. The van der Waals surface area contributed by atoms with Crippen LogP contribution in [0.4, 0.5) is 10.1 Å². The lowest BCUT2D eigenvalue weighted by atomic mass is 9.95. The van der Waals surface area contributed by atoms with E-state index < -0.39 is 0 Å². The molecular formula is C24H25FN6O2S. The van der Waals surface area contributed by atoms with E-state index in [4.69, 9.17) is 4.74 Å². The molecule has 1 saturated heterocycles. The van der Waals surface area contributed by atoms with Gasteiger partial charge in [0.25, 0.3) is 5.91 Å². The quantitative estimate of drug-likeness (QED) is 0.520. The van der Waals surface area contributed by atoms with Gasteiger partial charge >= 0.3 is 0 Å². The molecule has 0 radical (unpaired) electrons. The second-order valence-corrected chi connectivity index (χ2v) is 10.2. The number of morpholine rings is 1. The highest BCUT2D eigenvalue weighted by Crippen LogP contribution is 2.46. The number of ether oxygens (including phenoxy) is 1. The number of amidine groups is 1. The van der Waals surface area contributed by atoms with Gasteiger partial charge in [-0.05, 0) is 37.6 Å². The lowest BCUT2D eigenvalue weighted by molar-refractivity contribution is -0.0586. The lowest BCUT2D eigenvalue weighted by Gasteiger charge is -2.35. The van der Waals surface area contributed by atoms with Crippen molar-refractivity contribution >= 4 is 40.1 Å². The normalized spacial score (nSPS) is 26.2. The third-order valence-corrected chi connectivity index (χ3v) is 7.79. The molecule has 3 aliphatic heterocycles. The van der Waals surface area contributed by atoms with E-state index in [1.54, 1.807) is 24.0 Å². The van der Waals surface area contributed by atoms with E-state index >= 15 is 0 Å². The predicted molar refractivity (Wildman–Crippen MR) is 130 cm³/mol. The van der Waals surface area contributed by atoms with Gasteiger partial charge in [-0.2, -0.15) is 5.10 Å². The smallest absolute Gasteiger partial charge is 0.254 e. The minimum atomic E-state index is -0.365. The molecule has 1 amide bonds. The monoisotopic (exact) mass is 480 g/mol. The molecule has 3 N–H and O–H groups in total. The molecule has 0 saturated carbocycles. The summed E-state index contributed by atoms with van der Waals surface area (Å²) >= 11 is 1.69. The van der Waals surface area contributed by atoms with Crippen LogP contribution in [0.15, 0.2) is 46.4 Å². The maximum absolute atomic E-state index is 14.7. The Morgan fingerprint density at radius 3 is 2.88 bits per heavy atom. The van der Waals surface area contributed by atoms with Crippen LogP contribution in [0.2, 0.25) is 0 Å². The summed E-state index contributed by atoms with van der Waals surface area (Å²) in [5.41, 5.74) is 2.78. The van der Waals surface area contributed by atoms with Crippen molar-refractivity contribution in [2.45, 2.75) is 42.2 Å². The van der Waals surface area contributed by atoms with Gasteiger partial charge in [-0.1, -0.05) is 6.07 Å². The number of nitrogens with one attached hydrogen (secondary N) is 3. The molecule has 3 aromatic rings. The van der Waals surface area contributed by atoms with Gasteiger partial charge in [0.1, 0.15) is 11.7 Å². The second kappa shape index (κ2) is 8.37. The molecular weight excluding hydrogens is 455 g/mol. The van der Waals surface area contributed by atoms with Crippen molar-refractivity contribution in [3.05, 3.63) is 53.5 Å². The van der Waals surface area contributed by atoms with Crippen LogP contribution in [0.3, 0.4) is 0 Å². The molecule has 1 fully saturated rings. The molecule has 6 rings (SSSR count). The number of rotatable bonds is 2. The molecule has 176 valence electrons. The van der Waals surface area contributed by atoms with Crippen molar-refractivity contribution in [1.29, 1.82) is 0 Å². The van der Waals surface area contributed by atoms with Gasteiger partial charge in [0, 0.05) is 35.0 Å². The maximum Gasteiger partial charge on any atom is 0.254 e. The molecule has 8 nitrogen and oxygen atoms in total. The molecule has 4 heterocycles. The minimum Gasteiger partial charge on any atom is -0.372 e. The number of thioether (sulfide) groups is 1. The summed E-state index contributed by atoms with van der Waals surface area (Å²) in [5.74, 6) is 0.304. The summed E-state index contributed by atoms with van der Waals surface area (Å²) in [6.45, 7) is 5.61. The lowest BCUT2D eigenvalue weighted by Crippen LogP contribution is -2.48. The van der Waals surface area contributed by atoms with E-state index in [1.165, 1.54) is 6.07 Å². The molecule has 34 heavy (non-hydrogen) atoms. The number of fused-ring (bicyclic) bond motifs is 4. The number of anilines is 1. The van der Waals surface area contributed by atoms with E-state index in [9.17, 15) is 9.18 Å². The number of nitrogens with zero attached hydrogens (tertiary/aromatic N) is 3. The third kappa shape index (κ3) is 3.75. The number of carbonyl (C=O) groups is 1. The van der Waals surface area contributed by atoms with Gasteiger partial charge in [-0.15, -0.1) is 11.8 Å². The van der Waals surface area contributed by atoms with Crippen molar-refractivity contribution in [2.75, 3.05) is 25.1 Å². The number of H-pyrrole nitrogens is 1. The molecule has 2 unspecified atom stereocenters. The number of halogens is 1.